The van der Waals surface area contributed by atoms with Crippen molar-refractivity contribution in [2.45, 2.75) is 0 Å². The van der Waals surface area contributed by atoms with Gasteiger partial charge in [-0.05, 0) is 0 Å². The highest BCUT2D eigenvalue weighted by Crippen LogP contribution is 1.78. The molecule has 0 unspecified atom stereocenters. The molecule has 0 saturated heterocycles. The third-order valence-corrected chi connectivity index (χ3v) is 1.03. The average Bonchev–Trinajstić information content (AvgIpc) is 2.05. The van der Waals surface area contributed by atoms with Gasteiger partial charge < -0.3 is 11.5 Å². The Morgan fingerprint density at radius 2 is 1.40 bits per heavy atom. The molecule has 0 saturated carbocycles. The predicted octanol–water partition coefficient (Wildman–Crippen LogP) is -2.28. The first-order chi connectivity index (χ1) is 4.86. The SMILES string of the molecule is NCC1=NNC(CN)=NN1. The van der Waals surface area contributed by atoms with Gasteiger partial charge in [-0.15, -0.1) is 0 Å². The molecule has 56 valence electrons. The van der Waals surface area contributed by atoms with E-state index in [9.17, 15) is 0 Å². The first kappa shape index (κ1) is 6.97. The van der Waals surface area contributed by atoms with Crippen LogP contribution in [-0.4, -0.2) is 24.8 Å². The van der Waals surface area contributed by atoms with E-state index in [1.807, 2.05) is 0 Å². The van der Waals surface area contributed by atoms with Crippen molar-refractivity contribution in [2.75, 3.05) is 13.1 Å². The first-order valence-corrected chi connectivity index (χ1v) is 2.92. The lowest BCUT2D eigenvalue weighted by Gasteiger charge is -2.11. The second kappa shape index (κ2) is 3.14. The maximum Gasteiger partial charge on any atom is 0.156 e. The van der Waals surface area contributed by atoms with Crippen molar-refractivity contribution in [2.24, 2.45) is 21.7 Å². The van der Waals surface area contributed by atoms with Gasteiger partial charge in [0.15, 0.2) is 11.7 Å². The lowest BCUT2D eigenvalue weighted by molar-refractivity contribution is 0.847. The number of hydrazone groups is 2. The van der Waals surface area contributed by atoms with Crippen LogP contribution >= 0.6 is 0 Å². The highest BCUT2D eigenvalue weighted by atomic mass is 15.5. The minimum absolute atomic E-state index is 0.342. The van der Waals surface area contributed by atoms with Crippen LogP contribution in [0.25, 0.3) is 0 Å². The summed E-state index contributed by atoms with van der Waals surface area (Å²) in [7, 11) is 0. The fourth-order valence-corrected chi connectivity index (χ4v) is 0.497. The zero-order chi connectivity index (χ0) is 7.40. The smallest absolute Gasteiger partial charge is 0.156 e. The summed E-state index contributed by atoms with van der Waals surface area (Å²) in [5.74, 6) is 1.22. The molecule has 0 radical (unpaired) electrons. The number of rotatable bonds is 2. The van der Waals surface area contributed by atoms with Gasteiger partial charge in [0.25, 0.3) is 0 Å². The van der Waals surface area contributed by atoms with Crippen LogP contribution in [0.5, 0.6) is 0 Å². The highest BCUT2D eigenvalue weighted by molar-refractivity contribution is 5.92. The van der Waals surface area contributed by atoms with Gasteiger partial charge in [-0.25, -0.2) is 0 Å². The summed E-state index contributed by atoms with van der Waals surface area (Å²) < 4.78 is 0. The summed E-state index contributed by atoms with van der Waals surface area (Å²) in [5, 5.41) is 7.64. The van der Waals surface area contributed by atoms with E-state index in [0.717, 1.165) is 0 Å². The molecule has 6 N–H and O–H groups in total. The van der Waals surface area contributed by atoms with Crippen LogP contribution in [-0.2, 0) is 0 Å². The van der Waals surface area contributed by atoms with Crippen molar-refractivity contribution >= 4 is 11.7 Å². The molecule has 6 heteroatoms. The summed E-state index contributed by atoms with van der Waals surface area (Å²) in [6, 6.07) is 0. The summed E-state index contributed by atoms with van der Waals surface area (Å²) >= 11 is 0. The van der Waals surface area contributed by atoms with Gasteiger partial charge in [0.2, 0.25) is 0 Å². The third-order valence-electron chi connectivity index (χ3n) is 1.03. The van der Waals surface area contributed by atoms with Crippen molar-refractivity contribution in [3.05, 3.63) is 0 Å². The summed E-state index contributed by atoms with van der Waals surface area (Å²) in [5.41, 5.74) is 15.8. The molecule has 0 atom stereocenters. The molecule has 0 aromatic heterocycles. The Labute approximate surface area is 58.3 Å². The Balaban J connectivity index is 2.45. The molecule has 0 bridgehead atoms. The van der Waals surface area contributed by atoms with Crippen LogP contribution in [0.15, 0.2) is 10.2 Å². The van der Waals surface area contributed by atoms with Gasteiger partial charge in [-0.1, -0.05) is 0 Å². The number of nitrogens with zero attached hydrogens (tertiary/aromatic N) is 2. The standard InChI is InChI=1S/C4H10N6/c5-1-3-7-9-4(2-6)10-8-3/h1-2,5-6H2,(H,7,8)(H,9,10). The molecule has 1 aliphatic heterocycles. The van der Waals surface area contributed by atoms with Crippen LogP contribution in [0, 0.1) is 0 Å². The largest absolute Gasteiger partial charge is 0.324 e. The summed E-state index contributed by atoms with van der Waals surface area (Å²) in [6.07, 6.45) is 0. The summed E-state index contributed by atoms with van der Waals surface area (Å²) in [4.78, 5) is 0. The van der Waals surface area contributed by atoms with Gasteiger partial charge in [0.1, 0.15) is 0 Å². The van der Waals surface area contributed by atoms with E-state index < -0.39 is 0 Å². The number of nitrogens with two attached hydrogens (primary N) is 2. The van der Waals surface area contributed by atoms with E-state index in [2.05, 4.69) is 21.1 Å². The normalized spacial score (nSPS) is 16.6. The van der Waals surface area contributed by atoms with Gasteiger partial charge in [0.05, 0.1) is 13.1 Å². The molecule has 0 fully saturated rings. The topological polar surface area (TPSA) is 101 Å². The van der Waals surface area contributed by atoms with Crippen LogP contribution < -0.4 is 22.3 Å². The zero-order valence-electron chi connectivity index (χ0n) is 5.46. The van der Waals surface area contributed by atoms with Crippen LogP contribution in [0.3, 0.4) is 0 Å². The Bertz CT molecular complexity index is 151. The lowest BCUT2D eigenvalue weighted by atomic mass is 10.6. The molecule has 10 heavy (non-hydrogen) atoms. The van der Waals surface area contributed by atoms with E-state index in [1.54, 1.807) is 0 Å². The molecule has 1 rings (SSSR count). The molecule has 0 spiro atoms. The molecule has 0 amide bonds. The molecule has 0 aliphatic carbocycles. The molecular formula is C4H10N6. The minimum atomic E-state index is 0.342. The molecule has 0 aromatic carbocycles. The van der Waals surface area contributed by atoms with Crippen LogP contribution in [0.4, 0.5) is 0 Å². The Morgan fingerprint density at radius 1 is 1.00 bits per heavy atom. The molecule has 1 heterocycles. The molecule has 0 aromatic rings. The fourth-order valence-electron chi connectivity index (χ4n) is 0.497. The van der Waals surface area contributed by atoms with Gasteiger partial charge >= 0.3 is 0 Å². The average molecular weight is 142 g/mol. The minimum Gasteiger partial charge on any atom is -0.324 e. The van der Waals surface area contributed by atoms with Crippen LogP contribution in [0.2, 0.25) is 0 Å². The number of hydrogen-bond acceptors (Lipinski definition) is 6. The van der Waals surface area contributed by atoms with Gasteiger partial charge in [0, 0.05) is 0 Å². The quantitative estimate of drug-likeness (QED) is 0.349. The Morgan fingerprint density at radius 3 is 1.60 bits per heavy atom. The Kier molecular flexibility index (Phi) is 2.19. The van der Waals surface area contributed by atoms with Gasteiger partial charge in [-0.3, -0.25) is 10.9 Å². The summed E-state index contributed by atoms with van der Waals surface area (Å²) in [6.45, 7) is 0.683. The van der Waals surface area contributed by atoms with E-state index >= 15 is 0 Å². The number of hydrogen-bond donors (Lipinski definition) is 4. The zero-order valence-corrected chi connectivity index (χ0v) is 5.46. The van der Waals surface area contributed by atoms with Crippen molar-refractivity contribution in [3.63, 3.8) is 0 Å². The van der Waals surface area contributed by atoms with Gasteiger partial charge in [-0.2, -0.15) is 10.2 Å². The second-order valence-electron chi connectivity index (χ2n) is 1.75. The monoisotopic (exact) mass is 142 g/mol. The Hall–Kier alpha value is -1.14. The highest BCUT2D eigenvalue weighted by Gasteiger charge is 2.02. The van der Waals surface area contributed by atoms with E-state index in [-0.39, 0.29) is 0 Å². The fraction of sp³-hybridized carbons (Fsp3) is 0.500. The number of amidine groups is 2. The van der Waals surface area contributed by atoms with E-state index in [4.69, 9.17) is 11.5 Å². The van der Waals surface area contributed by atoms with Crippen molar-refractivity contribution in [3.8, 4) is 0 Å². The molecule has 6 nitrogen and oxygen atoms in total. The van der Waals surface area contributed by atoms with Crippen molar-refractivity contribution < 1.29 is 0 Å². The van der Waals surface area contributed by atoms with E-state index in [0.29, 0.717) is 24.8 Å². The van der Waals surface area contributed by atoms with Crippen molar-refractivity contribution in [1.29, 1.82) is 0 Å². The first-order valence-electron chi connectivity index (χ1n) is 2.92. The third kappa shape index (κ3) is 1.42. The second-order valence-corrected chi connectivity index (χ2v) is 1.75. The van der Waals surface area contributed by atoms with E-state index in [1.165, 1.54) is 0 Å². The van der Waals surface area contributed by atoms with Crippen LogP contribution in [0.1, 0.15) is 0 Å². The van der Waals surface area contributed by atoms with Crippen molar-refractivity contribution in [1.82, 2.24) is 10.9 Å². The maximum atomic E-state index is 5.26. The predicted molar refractivity (Wildman–Crippen MR) is 39.3 cm³/mol. The molecular weight excluding hydrogens is 132 g/mol. The maximum absolute atomic E-state index is 5.26. The number of nitrogens with one attached hydrogen (secondary N) is 2. The lowest BCUT2D eigenvalue weighted by Crippen LogP contribution is -2.40. The molecule has 1 aliphatic rings.